The van der Waals surface area contributed by atoms with Crippen molar-refractivity contribution >= 4 is 33.4 Å². The number of hydrogen-bond acceptors (Lipinski definition) is 4. The van der Waals surface area contributed by atoms with Gasteiger partial charge in [-0.05, 0) is 37.3 Å². The first-order valence-corrected chi connectivity index (χ1v) is 9.31. The molecule has 0 aliphatic rings. The van der Waals surface area contributed by atoms with Crippen LogP contribution in [0.4, 0.5) is 5.82 Å². The summed E-state index contributed by atoms with van der Waals surface area (Å²) >= 11 is 5.95. The first kappa shape index (κ1) is 18.0. The number of aromatic carboxylic acids is 1. The molecule has 3 rings (SSSR count). The molecule has 3 aromatic rings. The molecule has 9 heteroatoms. The van der Waals surface area contributed by atoms with Gasteiger partial charge in [0.1, 0.15) is 4.90 Å². The number of hydrogen-bond donors (Lipinski definition) is 2. The zero-order valence-electron chi connectivity index (χ0n) is 13.5. The molecule has 0 saturated carbocycles. The molecular weight excluding hydrogens is 378 g/mol. The van der Waals surface area contributed by atoms with Crippen molar-refractivity contribution in [2.45, 2.75) is 11.8 Å². The van der Waals surface area contributed by atoms with Gasteiger partial charge in [0.25, 0.3) is 10.0 Å². The molecule has 0 amide bonds. The van der Waals surface area contributed by atoms with Crippen LogP contribution in [-0.4, -0.2) is 29.3 Å². The Kier molecular flexibility index (Phi) is 4.71. The summed E-state index contributed by atoms with van der Waals surface area (Å²) in [6, 6.07) is 12.7. The van der Waals surface area contributed by atoms with Crippen LogP contribution in [-0.2, 0) is 10.0 Å². The van der Waals surface area contributed by atoms with E-state index in [1.165, 1.54) is 12.1 Å². The largest absolute Gasteiger partial charge is 0.478 e. The summed E-state index contributed by atoms with van der Waals surface area (Å²) in [5.41, 5.74) is 1.19. The molecule has 0 unspecified atom stereocenters. The van der Waals surface area contributed by atoms with Gasteiger partial charge in [0, 0.05) is 11.8 Å². The van der Waals surface area contributed by atoms with E-state index in [1.807, 2.05) is 30.3 Å². The zero-order valence-corrected chi connectivity index (χ0v) is 15.1. The lowest BCUT2D eigenvalue weighted by atomic mass is 10.2. The second kappa shape index (κ2) is 6.81. The number of halogens is 1. The fourth-order valence-corrected chi connectivity index (χ4v) is 3.89. The van der Waals surface area contributed by atoms with Gasteiger partial charge in [0.15, 0.2) is 5.82 Å². The normalized spacial score (nSPS) is 11.3. The summed E-state index contributed by atoms with van der Waals surface area (Å²) in [5.74, 6) is -1.12. The Morgan fingerprint density at radius 3 is 2.54 bits per heavy atom. The third-order valence-corrected chi connectivity index (χ3v) is 5.44. The van der Waals surface area contributed by atoms with Gasteiger partial charge in [-0.15, -0.1) is 5.10 Å². The molecule has 134 valence electrons. The lowest BCUT2D eigenvalue weighted by Gasteiger charge is -2.09. The van der Waals surface area contributed by atoms with E-state index >= 15 is 0 Å². The molecule has 26 heavy (non-hydrogen) atoms. The number of carbonyl (C=O) groups is 1. The second-order valence-electron chi connectivity index (χ2n) is 5.50. The Labute approximate surface area is 154 Å². The minimum absolute atomic E-state index is 0.0809. The van der Waals surface area contributed by atoms with Crippen molar-refractivity contribution in [3.63, 3.8) is 0 Å². The first-order valence-electron chi connectivity index (χ1n) is 7.45. The molecule has 0 bridgehead atoms. The van der Waals surface area contributed by atoms with E-state index in [0.29, 0.717) is 5.56 Å². The molecule has 2 aromatic carbocycles. The maximum absolute atomic E-state index is 12.7. The Balaban J connectivity index is 1.97. The number of benzene rings is 2. The Hall–Kier alpha value is -2.84. The summed E-state index contributed by atoms with van der Waals surface area (Å²) in [6.45, 7) is 1.71. The van der Waals surface area contributed by atoms with Crippen LogP contribution < -0.4 is 4.72 Å². The molecule has 2 N–H and O–H groups in total. The summed E-state index contributed by atoms with van der Waals surface area (Å²) in [6.07, 6.45) is 1.68. The van der Waals surface area contributed by atoms with Gasteiger partial charge >= 0.3 is 5.97 Å². The molecular formula is C17H14ClN3O4S. The molecule has 0 aliphatic heterocycles. The van der Waals surface area contributed by atoms with Crippen LogP contribution in [0.3, 0.4) is 0 Å². The summed E-state index contributed by atoms with van der Waals surface area (Å²) in [7, 11) is -4.11. The Bertz CT molecular complexity index is 1080. The van der Waals surface area contributed by atoms with Crippen LogP contribution in [0.2, 0.25) is 5.02 Å². The molecule has 1 aromatic heterocycles. The van der Waals surface area contributed by atoms with Crippen molar-refractivity contribution in [2.75, 3.05) is 4.72 Å². The van der Waals surface area contributed by atoms with Gasteiger partial charge in [-0.2, -0.15) is 0 Å². The third kappa shape index (κ3) is 3.56. The van der Waals surface area contributed by atoms with E-state index in [4.69, 9.17) is 16.7 Å². The van der Waals surface area contributed by atoms with Crippen LogP contribution in [0.15, 0.2) is 59.6 Å². The highest BCUT2D eigenvalue weighted by molar-refractivity contribution is 7.92. The summed E-state index contributed by atoms with van der Waals surface area (Å²) in [4.78, 5) is 10.8. The van der Waals surface area contributed by atoms with E-state index in [0.717, 1.165) is 11.8 Å². The molecule has 0 fully saturated rings. The predicted molar refractivity (Wildman–Crippen MR) is 97.5 cm³/mol. The number of aryl methyl sites for hydroxylation is 1. The van der Waals surface area contributed by atoms with E-state index < -0.39 is 16.0 Å². The fraction of sp³-hybridized carbons (Fsp3) is 0.0588. The van der Waals surface area contributed by atoms with Gasteiger partial charge in [-0.25, -0.2) is 17.9 Å². The lowest BCUT2D eigenvalue weighted by Crippen LogP contribution is -2.15. The van der Waals surface area contributed by atoms with Crippen molar-refractivity contribution in [3.8, 4) is 5.69 Å². The first-order chi connectivity index (χ1) is 12.3. The van der Waals surface area contributed by atoms with Gasteiger partial charge < -0.3 is 5.11 Å². The van der Waals surface area contributed by atoms with Crippen molar-refractivity contribution < 1.29 is 18.3 Å². The SMILES string of the molecule is Cc1cn(-c2ccccc2)nc1NS(=O)(=O)c1cc(C(=O)O)ccc1Cl. The average Bonchev–Trinajstić information content (AvgIpc) is 2.96. The van der Waals surface area contributed by atoms with Crippen LogP contribution >= 0.6 is 11.6 Å². The predicted octanol–water partition coefficient (Wildman–Crippen LogP) is 3.33. The number of anilines is 1. The molecule has 0 aliphatic carbocycles. The maximum atomic E-state index is 12.7. The van der Waals surface area contributed by atoms with Gasteiger partial charge in [-0.1, -0.05) is 29.8 Å². The third-order valence-electron chi connectivity index (χ3n) is 3.62. The van der Waals surface area contributed by atoms with Gasteiger partial charge in [-0.3, -0.25) is 4.72 Å². The number of rotatable bonds is 5. The number of sulfonamides is 1. The van der Waals surface area contributed by atoms with Gasteiger partial charge in [0.05, 0.1) is 16.3 Å². The van der Waals surface area contributed by atoms with Crippen molar-refractivity contribution in [1.82, 2.24) is 9.78 Å². The van der Waals surface area contributed by atoms with Crippen LogP contribution in [0.5, 0.6) is 0 Å². The van der Waals surface area contributed by atoms with Crippen molar-refractivity contribution in [3.05, 3.63) is 70.9 Å². The lowest BCUT2D eigenvalue weighted by molar-refractivity contribution is 0.0696. The molecule has 0 radical (unpaired) electrons. The highest BCUT2D eigenvalue weighted by atomic mass is 35.5. The molecule has 1 heterocycles. The Morgan fingerprint density at radius 2 is 1.88 bits per heavy atom. The van der Waals surface area contributed by atoms with Crippen LogP contribution in [0.1, 0.15) is 15.9 Å². The standard InChI is InChI=1S/C17H14ClN3O4S/c1-11-10-21(13-5-3-2-4-6-13)19-16(11)20-26(24,25)15-9-12(17(22)23)7-8-14(15)18/h2-10H,1H3,(H,19,20)(H,22,23). The highest BCUT2D eigenvalue weighted by Crippen LogP contribution is 2.26. The smallest absolute Gasteiger partial charge is 0.335 e. The molecule has 0 spiro atoms. The summed E-state index contributed by atoms with van der Waals surface area (Å²) in [5, 5.41) is 13.2. The van der Waals surface area contributed by atoms with E-state index in [9.17, 15) is 13.2 Å². The molecule has 0 atom stereocenters. The fourth-order valence-electron chi connectivity index (χ4n) is 2.30. The van der Waals surface area contributed by atoms with E-state index in [1.54, 1.807) is 17.8 Å². The minimum Gasteiger partial charge on any atom is -0.478 e. The second-order valence-corrected chi connectivity index (χ2v) is 7.55. The number of carboxylic acids is 1. The van der Waals surface area contributed by atoms with Crippen LogP contribution in [0.25, 0.3) is 5.69 Å². The minimum atomic E-state index is -4.11. The number of carboxylic acid groups (broad SMARTS) is 1. The number of aromatic nitrogens is 2. The van der Waals surface area contributed by atoms with Crippen LogP contribution in [0, 0.1) is 6.92 Å². The van der Waals surface area contributed by atoms with E-state index in [-0.39, 0.29) is 21.3 Å². The molecule has 7 nitrogen and oxygen atoms in total. The zero-order chi connectivity index (χ0) is 18.9. The number of para-hydroxylation sites is 1. The summed E-state index contributed by atoms with van der Waals surface area (Å²) < 4.78 is 29.2. The average molecular weight is 392 g/mol. The Morgan fingerprint density at radius 1 is 1.19 bits per heavy atom. The van der Waals surface area contributed by atoms with Gasteiger partial charge in [0.2, 0.25) is 0 Å². The highest BCUT2D eigenvalue weighted by Gasteiger charge is 2.22. The van der Waals surface area contributed by atoms with E-state index in [2.05, 4.69) is 9.82 Å². The number of nitrogens with one attached hydrogen (secondary N) is 1. The topological polar surface area (TPSA) is 101 Å². The quantitative estimate of drug-likeness (QED) is 0.694. The monoisotopic (exact) mass is 391 g/mol. The number of nitrogens with zero attached hydrogens (tertiary/aromatic N) is 2. The molecule has 0 saturated heterocycles. The van der Waals surface area contributed by atoms with Crippen molar-refractivity contribution in [1.29, 1.82) is 0 Å². The van der Waals surface area contributed by atoms with Crippen molar-refractivity contribution in [2.24, 2.45) is 0 Å². The maximum Gasteiger partial charge on any atom is 0.335 e.